The van der Waals surface area contributed by atoms with Gasteiger partial charge in [-0.3, -0.25) is 4.98 Å². The van der Waals surface area contributed by atoms with Crippen LogP contribution in [-0.4, -0.2) is 11.5 Å². The first-order chi connectivity index (χ1) is 9.19. The lowest BCUT2D eigenvalue weighted by Gasteiger charge is -2.10. The minimum absolute atomic E-state index is 0.676. The number of aromatic nitrogens is 1. The second-order valence-corrected chi connectivity index (χ2v) is 5.46. The fraction of sp³-hybridized carbons (Fsp3) is 0.214. The molecule has 2 aromatic rings. The average Bonchev–Trinajstić information content (AvgIpc) is 2.41. The molecule has 0 aliphatic rings. The summed E-state index contributed by atoms with van der Waals surface area (Å²) in [5.41, 5.74) is 2.75. The fourth-order valence-electron chi connectivity index (χ4n) is 1.62. The number of rotatable bonds is 5. The zero-order valence-corrected chi connectivity index (χ0v) is 12.9. The monoisotopic (exact) mass is 339 g/mol. The van der Waals surface area contributed by atoms with Gasteiger partial charge in [-0.25, -0.2) is 0 Å². The van der Waals surface area contributed by atoms with E-state index in [0.29, 0.717) is 5.02 Å². The van der Waals surface area contributed by atoms with Crippen molar-refractivity contribution < 1.29 is 0 Å². The number of hydrogen-bond acceptors (Lipinski definition) is 3. The Morgan fingerprint density at radius 1 is 1.21 bits per heavy atom. The molecule has 1 aromatic heterocycles. The van der Waals surface area contributed by atoms with Gasteiger partial charge in [0.2, 0.25) is 0 Å². The van der Waals surface area contributed by atoms with E-state index in [9.17, 15) is 0 Å². The van der Waals surface area contributed by atoms with Gasteiger partial charge >= 0.3 is 0 Å². The minimum atomic E-state index is 0.676. The fourth-order valence-corrected chi connectivity index (χ4v) is 2.15. The van der Waals surface area contributed by atoms with Gasteiger partial charge in [0.15, 0.2) is 0 Å². The van der Waals surface area contributed by atoms with Crippen molar-refractivity contribution in [2.45, 2.75) is 13.3 Å². The van der Waals surface area contributed by atoms with E-state index >= 15 is 0 Å². The minimum Gasteiger partial charge on any atom is -0.384 e. The molecule has 0 unspecified atom stereocenters. The van der Waals surface area contributed by atoms with E-state index in [4.69, 9.17) is 11.6 Å². The first-order valence-electron chi connectivity index (χ1n) is 6.10. The van der Waals surface area contributed by atoms with Crippen molar-refractivity contribution in [2.75, 3.05) is 17.2 Å². The molecule has 0 radical (unpaired) electrons. The molecule has 3 nitrogen and oxygen atoms in total. The van der Waals surface area contributed by atoms with Gasteiger partial charge in [-0.2, -0.15) is 0 Å². The van der Waals surface area contributed by atoms with Crippen LogP contribution in [0.1, 0.15) is 13.3 Å². The summed E-state index contributed by atoms with van der Waals surface area (Å²) in [6.45, 7) is 3.06. The highest BCUT2D eigenvalue weighted by Gasteiger charge is 2.03. The van der Waals surface area contributed by atoms with Gasteiger partial charge in [-0.05, 0) is 30.7 Å². The quantitative estimate of drug-likeness (QED) is 0.798. The van der Waals surface area contributed by atoms with Gasteiger partial charge in [0.25, 0.3) is 0 Å². The molecule has 0 spiro atoms. The van der Waals surface area contributed by atoms with Crippen molar-refractivity contribution >= 4 is 44.6 Å². The Bertz CT molecular complexity index is 560. The van der Waals surface area contributed by atoms with E-state index in [1.165, 1.54) is 0 Å². The van der Waals surface area contributed by atoms with Crippen molar-refractivity contribution in [2.24, 2.45) is 0 Å². The Morgan fingerprint density at radius 3 is 2.79 bits per heavy atom. The molecule has 2 rings (SSSR count). The van der Waals surface area contributed by atoms with E-state index < -0.39 is 0 Å². The topological polar surface area (TPSA) is 37.0 Å². The third-order valence-corrected chi connectivity index (χ3v) is 3.35. The Hall–Kier alpha value is -1.26. The maximum absolute atomic E-state index is 6.15. The molecule has 0 aliphatic carbocycles. The van der Waals surface area contributed by atoms with Crippen LogP contribution in [0.2, 0.25) is 5.02 Å². The van der Waals surface area contributed by atoms with Crippen LogP contribution in [0.3, 0.4) is 0 Å². The van der Waals surface area contributed by atoms with Gasteiger partial charge in [-0.15, -0.1) is 0 Å². The first-order valence-corrected chi connectivity index (χ1v) is 7.27. The van der Waals surface area contributed by atoms with Gasteiger partial charge < -0.3 is 10.6 Å². The summed E-state index contributed by atoms with van der Waals surface area (Å²) in [6, 6.07) is 7.71. The van der Waals surface area contributed by atoms with Crippen molar-refractivity contribution in [1.82, 2.24) is 4.98 Å². The van der Waals surface area contributed by atoms with Crippen molar-refractivity contribution in [3.05, 3.63) is 46.2 Å². The van der Waals surface area contributed by atoms with Crippen LogP contribution in [-0.2, 0) is 0 Å². The molecule has 5 heteroatoms. The Kier molecular flexibility index (Phi) is 5.05. The van der Waals surface area contributed by atoms with Gasteiger partial charge in [-0.1, -0.05) is 34.5 Å². The summed E-state index contributed by atoms with van der Waals surface area (Å²) in [7, 11) is 0. The zero-order chi connectivity index (χ0) is 13.7. The van der Waals surface area contributed by atoms with E-state index in [2.05, 4.69) is 38.5 Å². The van der Waals surface area contributed by atoms with Crippen LogP contribution >= 0.6 is 27.5 Å². The molecule has 2 N–H and O–H groups in total. The normalized spacial score (nSPS) is 10.3. The summed E-state index contributed by atoms with van der Waals surface area (Å²) in [5, 5.41) is 7.24. The molecule has 19 heavy (non-hydrogen) atoms. The SMILES string of the molecule is CCCNc1cncc(Nc2cc(Br)ccc2Cl)c1. The second kappa shape index (κ2) is 6.78. The lowest BCUT2D eigenvalue weighted by Crippen LogP contribution is -2.01. The molecular formula is C14H15BrClN3. The highest BCUT2D eigenvalue weighted by atomic mass is 79.9. The van der Waals surface area contributed by atoms with E-state index in [1.54, 1.807) is 6.20 Å². The summed E-state index contributed by atoms with van der Waals surface area (Å²) < 4.78 is 0.979. The Labute approximate surface area is 126 Å². The largest absolute Gasteiger partial charge is 0.384 e. The number of halogens is 2. The number of benzene rings is 1. The summed E-state index contributed by atoms with van der Waals surface area (Å²) in [4.78, 5) is 4.21. The van der Waals surface area contributed by atoms with E-state index in [0.717, 1.165) is 34.5 Å². The molecule has 0 amide bonds. The van der Waals surface area contributed by atoms with Crippen molar-refractivity contribution in [3.8, 4) is 0 Å². The number of nitrogens with zero attached hydrogens (tertiary/aromatic N) is 1. The van der Waals surface area contributed by atoms with Gasteiger partial charge in [0.05, 0.1) is 34.5 Å². The average molecular weight is 341 g/mol. The summed E-state index contributed by atoms with van der Waals surface area (Å²) in [5.74, 6) is 0. The third-order valence-electron chi connectivity index (χ3n) is 2.52. The van der Waals surface area contributed by atoms with Crippen LogP contribution in [0.4, 0.5) is 17.1 Å². The lowest BCUT2D eigenvalue weighted by atomic mass is 10.3. The lowest BCUT2D eigenvalue weighted by molar-refractivity contribution is 0.978. The molecule has 0 fully saturated rings. The predicted octanol–water partition coefficient (Wildman–Crippen LogP) is 5.06. The van der Waals surface area contributed by atoms with Crippen LogP contribution in [0.25, 0.3) is 0 Å². The smallest absolute Gasteiger partial charge is 0.0641 e. The molecule has 1 aromatic carbocycles. The number of hydrogen-bond donors (Lipinski definition) is 2. The maximum atomic E-state index is 6.15. The first kappa shape index (κ1) is 14.2. The number of anilines is 3. The van der Waals surface area contributed by atoms with Crippen LogP contribution < -0.4 is 10.6 Å². The highest BCUT2D eigenvalue weighted by molar-refractivity contribution is 9.10. The van der Waals surface area contributed by atoms with Crippen LogP contribution in [0.5, 0.6) is 0 Å². The van der Waals surface area contributed by atoms with Crippen molar-refractivity contribution in [1.29, 1.82) is 0 Å². The molecule has 0 aliphatic heterocycles. The predicted molar refractivity (Wildman–Crippen MR) is 85.5 cm³/mol. The highest BCUT2D eigenvalue weighted by Crippen LogP contribution is 2.29. The van der Waals surface area contributed by atoms with Crippen molar-refractivity contribution in [3.63, 3.8) is 0 Å². The third kappa shape index (κ3) is 4.11. The van der Waals surface area contributed by atoms with Crippen LogP contribution in [0.15, 0.2) is 41.1 Å². The Morgan fingerprint density at radius 2 is 2.00 bits per heavy atom. The maximum Gasteiger partial charge on any atom is 0.0641 e. The molecule has 1 heterocycles. The van der Waals surface area contributed by atoms with E-state index in [-0.39, 0.29) is 0 Å². The van der Waals surface area contributed by atoms with Gasteiger partial charge in [0, 0.05) is 11.0 Å². The zero-order valence-electron chi connectivity index (χ0n) is 10.6. The molecular weight excluding hydrogens is 326 g/mol. The molecule has 0 atom stereocenters. The van der Waals surface area contributed by atoms with E-state index in [1.807, 2.05) is 30.5 Å². The number of nitrogens with one attached hydrogen (secondary N) is 2. The van der Waals surface area contributed by atoms with Crippen LogP contribution in [0, 0.1) is 0 Å². The summed E-state index contributed by atoms with van der Waals surface area (Å²) in [6.07, 6.45) is 4.66. The summed E-state index contributed by atoms with van der Waals surface area (Å²) >= 11 is 9.58. The molecule has 0 saturated heterocycles. The molecule has 0 bridgehead atoms. The molecule has 100 valence electrons. The standard InChI is InChI=1S/C14H15BrClN3/c1-2-5-18-11-7-12(9-17-8-11)19-14-6-10(15)3-4-13(14)16/h3-4,6-9,18-19H,2,5H2,1H3. The number of pyridine rings is 1. The second-order valence-electron chi connectivity index (χ2n) is 4.14. The van der Waals surface area contributed by atoms with Gasteiger partial charge in [0.1, 0.15) is 0 Å². The molecule has 0 saturated carbocycles. The Balaban J connectivity index is 2.16.